The topological polar surface area (TPSA) is 136 Å². The maximum absolute atomic E-state index is 12.5. The first-order chi connectivity index (χ1) is 13.3. The number of nitrogens with one attached hydrogen (secondary N) is 2. The Labute approximate surface area is 160 Å². The molecule has 150 valence electrons. The lowest BCUT2D eigenvalue weighted by Gasteiger charge is -2.20. The Morgan fingerprint density at radius 3 is 2.50 bits per heavy atom. The Kier molecular flexibility index (Phi) is 5.75. The number of rotatable bonds is 6. The molecule has 2 heterocycles. The molecule has 2 amide bonds. The first-order valence-corrected chi connectivity index (χ1v) is 10.3. The van der Waals surface area contributed by atoms with E-state index in [4.69, 9.17) is 4.74 Å². The van der Waals surface area contributed by atoms with Gasteiger partial charge in [-0.25, -0.2) is 13.4 Å². The highest BCUT2D eigenvalue weighted by Gasteiger charge is 2.39. The van der Waals surface area contributed by atoms with Gasteiger partial charge in [0.15, 0.2) is 9.84 Å². The molecular formula is C17H20N4O6S. The van der Waals surface area contributed by atoms with Crippen LogP contribution in [0.5, 0.6) is 0 Å². The Morgan fingerprint density at radius 2 is 1.82 bits per heavy atom. The highest BCUT2D eigenvalue weighted by atomic mass is 32.2. The molecule has 1 aromatic heterocycles. The number of fused-ring (bicyclic) bond motifs is 1. The second-order valence-corrected chi connectivity index (χ2v) is 8.71. The van der Waals surface area contributed by atoms with Crippen molar-refractivity contribution in [1.82, 2.24) is 20.2 Å². The van der Waals surface area contributed by atoms with E-state index in [1.165, 1.54) is 13.4 Å². The van der Waals surface area contributed by atoms with E-state index in [0.717, 1.165) is 4.57 Å². The number of carbonyl (C=O) groups is 2. The van der Waals surface area contributed by atoms with Crippen LogP contribution in [0.15, 0.2) is 35.4 Å². The van der Waals surface area contributed by atoms with E-state index in [0.29, 0.717) is 10.9 Å². The van der Waals surface area contributed by atoms with E-state index >= 15 is 0 Å². The molecule has 0 spiro atoms. The minimum absolute atomic E-state index is 0.213. The van der Waals surface area contributed by atoms with Crippen molar-refractivity contribution in [2.75, 3.05) is 25.2 Å². The lowest BCUT2D eigenvalue weighted by Crippen LogP contribution is -2.52. The van der Waals surface area contributed by atoms with Crippen LogP contribution in [0, 0.1) is 0 Å². The molecule has 1 fully saturated rings. The van der Waals surface area contributed by atoms with E-state index in [1.54, 1.807) is 24.3 Å². The minimum atomic E-state index is -3.41. The fraction of sp³-hybridized carbons (Fsp3) is 0.412. The standard InChI is InChI=1S/C17H20N4O6S/c1-27-7-16(23)20-14-9-28(25,26)8-13(14)19-15(22)6-21-10-18-12-5-3-2-4-11(12)17(21)24/h2-5,10,13-14H,6-9H2,1H3,(H,19,22)(H,20,23)/t13-,14+/m0/s1. The predicted molar refractivity (Wildman–Crippen MR) is 100 cm³/mol. The second kappa shape index (κ2) is 8.07. The van der Waals surface area contributed by atoms with E-state index < -0.39 is 33.7 Å². The summed E-state index contributed by atoms with van der Waals surface area (Å²) in [6.07, 6.45) is 1.27. The van der Waals surface area contributed by atoms with Gasteiger partial charge in [0.25, 0.3) is 5.56 Å². The highest BCUT2D eigenvalue weighted by molar-refractivity contribution is 7.91. The molecule has 0 aliphatic carbocycles. The van der Waals surface area contributed by atoms with Crippen molar-refractivity contribution in [3.05, 3.63) is 40.9 Å². The van der Waals surface area contributed by atoms with E-state index in [2.05, 4.69) is 15.6 Å². The molecule has 1 saturated heterocycles. The Morgan fingerprint density at radius 1 is 1.18 bits per heavy atom. The summed E-state index contributed by atoms with van der Waals surface area (Å²) in [4.78, 5) is 40.7. The van der Waals surface area contributed by atoms with Crippen molar-refractivity contribution in [2.24, 2.45) is 0 Å². The predicted octanol–water partition coefficient (Wildman–Crippen LogP) is -1.56. The molecule has 1 aromatic carbocycles. The maximum Gasteiger partial charge on any atom is 0.261 e. The van der Waals surface area contributed by atoms with Crippen LogP contribution >= 0.6 is 0 Å². The van der Waals surface area contributed by atoms with Crippen LogP contribution in [0.3, 0.4) is 0 Å². The van der Waals surface area contributed by atoms with Gasteiger partial charge in [0.05, 0.1) is 40.8 Å². The molecule has 0 bridgehead atoms. The van der Waals surface area contributed by atoms with E-state index in [-0.39, 0.29) is 30.2 Å². The first kappa shape index (κ1) is 20.0. The Balaban J connectivity index is 1.72. The number of carbonyl (C=O) groups excluding carboxylic acids is 2. The molecule has 3 rings (SSSR count). The van der Waals surface area contributed by atoms with Gasteiger partial charge in [-0.3, -0.25) is 19.0 Å². The van der Waals surface area contributed by atoms with Crippen LogP contribution in [0.4, 0.5) is 0 Å². The second-order valence-electron chi connectivity index (χ2n) is 6.55. The third kappa shape index (κ3) is 4.54. The van der Waals surface area contributed by atoms with Gasteiger partial charge >= 0.3 is 0 Å². The zero-order valence-corrected chi connectivity index (χ0v) is 15.9. The summed E-state index contributed by atoms with van der Waals surface area (Å²) >= 11 is 0. The molecule has 1 aliphatic heterocycles. The van der Waals surface area contributed by atoms with Gasteiger partial charge in [0.2, 0.25) is 11.8 Å². The summed E-state index contributed by atoms with van der Waals surface area (Å²) in [6.45, 7) is -0.526. The lowest BCUT2D eigenvalue weighted by atomic mass is 10.1. The van der Waals surface area contributed by atoms with Crippen LogP contribution in [0.25, 0.3) is 10.9 Å². The molecule has 28 heavy (non-hydrogen) atoms. The highest BCUT2D eigenvalue weighted by Crippen LogP contribution is 2.13. The number of hydrogen-bond donors (Lipinski definition) is 2. The molecule has 0 unspecified atom stereocenters. The van der Waals surface area contributed by atoms with Crippen LogP contribution in [-0.2, 0) is 30.7 Å². The number of ether oxygens (including phenoxy) is 1. The molecule has 0 saturated carbocycles. The van der Waals surface area contributed by atoms with Crippen LogP contribution in [-0.4, -0.2) is 67.1 Å². The first-order valence-electron chi connectivity index (χ1n) is 8.51. The summed E-state index contributed by atoms with van der Waals surface area (Å²) in [7, 11) is -2.07. The molecule has 0 radical (unpaired) electrons. The zero-order valence-electron chi connectivity index (χ0n) is 15.1. The number of sulfone groups is 1. The SMILES string of the molecule is COCC(=O)N[C@@H]1CS(=O)(=O)C[C@@H]1NC(=O)Cn1cnc2ccccc2c1=O. The van der Waals surface area contributed by atoms with Gasteiger partial charge in [-0.15, -0.1) is 0 Å². The van der Waals surface area contributed by atoms with Crippen LogP contribution < -0.4 is 16.2 Å². The fourth-order valence-electron chi connectivity index (χ4n) is 3.14. The molecule has 1 aliphatic rings. The number of benzene rings is 1. The lowest BCUT2D eigenvalue weighted by molar-refractivity contribution is -0.126. The number of nitrogens with zero attached hydrogens (tertiary/aromatic N) is 2. The van der Waals surface area contributed by atoms with Crippen molar-refractivity contribution < 1.29 is 22.7 Å². The van der Waals surface area contributed by atoms with Gasteiger partial charge in [-0.1, -0.05) is 12.1 Å². The number of amides is 2. The van der Waals surface area contributed by atoms with Gasteiger partial charge in [-0.2, -0.15) is 0 Å². The Hall–Kier alpha value is -2.79. The molecule has 2 N–H and O–H groups in total. The average Bonchev–Trinajstić information content (AvgIpc) is 2.90. The number of hydrogen-bond acceptors (Lipinski definition) is 7. The third-order valence-corrected chi connectivity index (χ3v) is 6.10. The summed E-state index contributed by atoms with van der Waals surface area (Å²) in [5.74, 6) is -1.59. The summed E-state index contributed by atoms with van der Waals surface area (Å²) in [6, 6.07) is 5.21. The average molecular weight is 408 g/mol. The van der Waals surface area contributed by atoms with Crippen molar-refractivity contribution >= 4 is 32.6 Å². The smallest absolute Gasteiger partial charge is 0.261 e. The number of aromatic nitrogens is 2. The van der Waals surface area contributed by atoms with Crippen LogP contribution in [0.2, 0.25) is 0 Å². The monoisotopic (exact) mass is 408 g/mol. The van der Waals surface area contributed by atoms with Crippen molar-refractivity contribution in [1.29, 1.82) is 0 Å². The quantitative estimate of drug-likeness (QED) is 0.590. The van der Waals surface area contributed by atoms with Crippen molar-refractivity contribution in [2.45, 2.75) is 18.6 Å². The van der Waals surface area contributed by atoms with Gasteiger partial charge in [-0.05, 0) is 12.1 Å². The van der Waals surface area contributed by atoms with E-state index in [1.807, 2.05) is 0 Å². The molecule has 10 nitrogen and oxygen atoms in total. The normalized spacial score (nSPS) is 20.8. The molecular weight excluding hydrogens is 388 g/mol. The molecule has 2 aromatic rings. The van der Waals surface area contributed by atoms with Gasteiger partial charge in [0, 0.05) is 7.11 Å². The zero-order chi connectivity index (χ0) is 20.3. The van der Waals surface area contributed by atoms with Crippen molar-refractivity contribution in [3.63, 3.8) is 0 Å². The maximum atomic E-state index is 12.5. The van der Waals surface area contributed by atoms with Gasteiger partial charge in [0.1, 0.15) is 13.2 Å². The third-order valence-electron chi connectivity index (χ3n) is 4.37. The minimum Gasteiger partial charge on any atom is -0.375 e. The van der Waals surface area contributed by atoms with Gasteiger partial charge < -0.3 is 15.4 Å². The Bertz CT molecular complexity index is 1060. The number of methoxy groups -OCH3 is 1. The van der Waals surface area contributed by atoms with Crippen molar-refractivity contribution in [3.8, 4) is 0 Å². The fourth-order valence-corrected chi connectivity index (χ4v) is 5.00. The molecule has 2 atom stereocenters. The summed E-state index contributed by atoms with van der Waals surface area (Å²) in [5.41, 5.74) is 0.150. The molecule has 11 heteroatoms. The van der Waals surface area contributed by atoms with E-state index in [9.17, 15) is 22.8 Å². The summed E-state index contributed by atoms with van der Waals surface area (Å²) < 4.78 is 29.7. The van der Waals surface area contributed by atoms with Crippen LogP contribution in [0.1, 0.15) is 0 Å². The number of para-hydroxylation sites is 1. The summed E-state index contributed by atoms with van der Waals surface area (Å²) in [5, 5.41) is 5.53. The largest absolute Gasteiger partial charge is 0.375 e.